The van der Waals surface area contributed by atoms with Crippen LogP contribution in [-0.2, 0) is 9.53 Å². The molecule has 0 radical (unpaired) electrons. The molecule has 0 bridgehead atoms. The number of aromatic nitrogens is 2. The lowest BCUT2D eigenvalue weighted by molar-refractivity contribution is -0.118. The summed E-state index contributed by atoms with van der Waals surface area (Å²) in [6.07, 6.45) is 2.24. The number of carbonyl (C=O) groups is 1. The summed E-state index contributed by atoms with van der Waals surface area (Å²) in [7, 11) is 0. The second kappa shape index (κ2) is 5.62. The number of nitrogens with zero attached hydrogens (tertiary/aromatic N) is 2. The van der Waals surface area contributed by atoms with E-state index in [1.54, 1.807) is 0 Å². The van der Waals surface area contributed by atoms with Gasteiger partial charge in [0.05, 0.1) is 12.5 Å². The van der Waals surface area contributed by atoms with Crippen molar-refractivity contribution in [1.29, 1.82) is 0 Å². The van der Waals surface area contributed by atoms with Crippen LogP contribution in [0.2, 0.25) is 10.4 Å². The number of halogens is 2. The predicted octanol–water partition coefficient (Wildman–Crippen LogP) is 2.29. The largest absolute Gasteiger partial charge is 0.378 e. The van der Waals surface area contributed by atoms with E-state index in [-0.39, 0.29) is 22.4 Å². The van der Waals surface area contributed by atoms with Gasteiger partial charge in [-0.2, -0.15) is 0 Å². The Morgan fingerprint density at radius 2 is 2.35 bits per heavy atom. The van der Waals surface area contributed by atoms with Crippen molar-refractivity contribution >= 4 is 34.9 Å². The normalized spacial score (nSPS) is 19.3. The molecule has 1 N–H and O–H groups in total. The molecule has 1 saturated heterocycles. The summed E-state index contributed by atoms with van der Waals surface area (Å²) in [5, 5.41) is 2.81. The highest BCUT2D eigenvalue weighted by atomic mass is 35.5. The number of anilines is 1. The van der Waals surface area contributed by atoms with Crippen molar-refractivity contribution in [3.63, 3.8) is 0 Å². The third-order valence-corrected chi connectivity index (χ3v) is 2.73. The van der Waals surface area contributed by atoms with Gasteiger partial charge in [0.2, 0.25) is 11.2 Å². The van der Waals surface area contributed by atoms with Crippen LogP contribution in [0.3, 0.4) is 0 Å². The van der Waals surface area contributed by atoms with Gasteiger partial charge in [0, 0.05) is 12.7 Å². The fraction of sp³-hybridized carbons (Fsp3) is 0.500. The molecule has 2 rings (SSSR count). The minimum atomic E-state index is -0.164. The second-order valence-electron chi connectivity index (χ2n) is 3.73. The number of rotatable bonds is 3. The van der Waals surface area contributed by atoms with Crippen LogP contribution in [0.5, 0.6) is 0 Å². The van der Waals surface area contributed by atoms with Crippen LogP contribution in [0.15, 0.2) is 6.07 Å². The monoisotopic (exact) mass is 275 g/mol. The van der Waals surface area contributed by atoms with Crippen LogP contribution < -0.4 is 5.32 Å². The minimum absolute atomic E-state index is 0.00258. The standard InChI is InChI=1S/C10H11Cl2N3O2/c11-7-5-8(15-10(12)13-7)14-9(16)4-6-2-1-3-17-6/h5-6H,1-4H2,(H,13,14,15,16). The van der Waals surface area contributed by atoms with Gasteiger partial charge in [0.1, 0.15) is 11.0 Å². The number of carbonyl (C=O) groups excluding carboxylic acids is 1. The van der Waals surface area contributed by atoms with E-state index in [4.69, 9.17) is 27.9 Å². The van der Waals surface area contributed by atoms with Gasteiger partial charge in [0.15, 0.2) is 0 Å². The van der Waals surface area contributed by atoms with Crippen LogP contribution in [0.25, 0.3) is 0 Å². The summed E-state index contributed by atoms with van der Waals surface area (Å²) in [5.41, 5.74) is 0. The third-order valence-electron chi connectivity index (χ3n) is 2.37. The van der Waals surface area contributed by atoms with Gasteiger partial charge in [0.25, 0.3) is 0 Å². The maximum atomic E-state index is 11.7. The highest BCUT2D eigenvalue weighted by Crippen LogP contribution is 2.17. The average Bonchev–Trinajstić information content (AvgIpc) is 2.67. The molecule has 1 unspecified atom stereocenters. The first-order chi connectivity index (χ1) is 8.13. The van der Waals surface area contributed by atoms with Gasteiger partial charge in [-0.3, -0.25) is 4.79 Å². The number of nitrogens with one attached hydrogen (secondary N) is 1. The first-order valence-electron chi connectivity index (χ1n) is 5.25. The van der Waals surface area contributed by atoms with Gasteiger partial charge in [-0.1, -0.05) is 11.6 Å². The zero-order valence-corrected chi connectivity index (χ0v) is 10.5. The fourth-order valence-electron chi connectivity index (χ4n) is 1.66. The SMILES string of the molecule is O=C(CC1CCCO1)Nc1cc(Cl)nc(Cl)n1. The Morgan fingerprint density at radius 1 is 1.53 bits per heavy atom. The van der Waals surface area contributed by atoms with Crippen molar-refractivity contribution < 1.29 is 9.53 Å². The van der Waals surface area contributed by atoms with E-state index < -0.39 is 0 Å². The van der Waals surface area contributed by atoms with Crippen LogP contribution >= 0.6 is 23.2 Å². The van der Waals surface area contributed by atoms with Gasteiger partial charge in [-0.05, 0) is 24.4 Å². The molecule has 0 spiro atoms. The molecule has 0 aromatic carbocycles. The zero-order valence-electron chi connectivity index (χ0n) is 8.95. The van der Waals surface area contributed by atoms with Crippen molar-refractivity contribution in [2.75, 3.05) is 11.9 Å². The minimum Gasteiger partial charge on any atom is -0.378 e. The zero-order chi connectivity index (χ0) is 12.3. The van der Waals surface area contributed by atoms with Crippen LogP contribution in [0.1, 0.15) is 19.3 Å². The maximum Gasteiger partial charge on any atom is 0.228 e. The Bertz CT molecular complexity index is 402. The highest BCUT2D eigenvalue weighted by Gasteiger charge is 2.19. The first-order valence-corrected chi connectivity index (χ1v) is 6.00. The van der Waals surface area contributed by atoms with E-state index >= 15 is 0 Å². The highest BCUT2D eigenvalue weighted by molar-refractivity contribution is 6.32. The van der Waals surface area contributed by atoms with Crippen molar-refractivity contribution in [3.8, 4) is 0 Å². The van der Waals surface area contributed by atoms with E-state index in [9.17, 15) is 4.79 Å². The Labute approximate surface area is 108 Å². The van der Waals surface area contributed by atoms with E-state index in [0.717, 1.165) is 19.4 Å². The lowest BCUT2D eigenvalue weighted by Crippen LogP contribution is -2.19. The maximum absolute atomic E-state index is 11.7. The molecule has 1 aromatic rings. The Balaban J connectivity index is 1.92. The lowest BCUT2D eigenvalue weighted by Gasteiger charge is -2.09. The Kier molecular flexibility index (Phi) is 4.15. The summed E-state index contributed by atoms with van der Waals surface area (Å²) in [6.45, 7) is 0.725. The van der Waals surface area contributed by atoms with E-state index in [1.807, 2.05) is 0 Å². The number of hydrogen-bond donors (Lipinski definition) is 1. The van der Waals surface area contributed by atoms with Crippen LogP contribution in [-0.4, -0.2) is 28.6 Å². The number of hydrogen-bond acceptors (Lipinski definition) is 4. The van der Waals surface area contributed by atoms with Gasteiger partial charge < -0.3 is 10.1 Å². The van der Waals surface area contributed by atoms with E-state index in [1.165, 1.54) is 6.07 Å². The molecule has 1 aliphatic heterocycles. The molecule has 1 amide bonds. The summed E-state index contributed by atoms with van der Waals surface area (Å²) < 4.78 is 5.36. The molecule has 1 fully saturated rings. The Morgan fingerprint density at radius 3 is 3.00 bits per heavy atom. The summed E-state index contributed by atoms with van der Waals surface area (Å²) >= 11 is 11.3. The molecule has 1 atom stereocenters. The van der Waals surface area contributed by atoms with E-state index in [2.05, 4.69) is 15.3 Å². The van der Waals surface area contributed by atoms with Gasteiger partial charge in [-0.15, -0.1) is 0 Å². The lowest BCUT2D eigenvalue weighted by atomic mass is 10.2. The number of amides is 1. The first kappa shape index (κ1) is 12.5. The quantitative estimate of drug-likeness (QED) is 0.679. The van der Waals surface area contributed by atoms with Crippen molar-refractivity contribution in [1.82, 2.24) is 9.97 Å². The molecule has 7 heteroatoms. The molecule has 1 aromatic heterocycles. The molecule has 17 heavy (non-hydrogen) atoms. The van der Waals surface area contributed by atoms with Crippen LogP contribution in [0.4, 0.5) is 5.82 Å². The summed E-state index contributed by atoms with van der Waals surface area (Å²) in [5.74, 6) is 0.140. The van der Waals surface area contributed by atoms with Crippen molar-refractivity contribution in [2.45, 2.75) is 25.4 Å². The molecule has 0 aliphatic carbocycles. The van der Waals surface area contributed by atoms with E-state index in [0.29, 0.717) is 12.2 Å². The molecule has 0 saturated carbocycles. The molecule has 92 valence electrons. The second-order valence-corrected chi connectivity index (χ2v) is 4.46. The predicted molar refractivity (Wildman–Crippen MR) is 64.3 cm³/mol. The van der Waals surface area contributed by atoms with Gasteiger partial charge in [-0.25, -0.2) is 9.97 Å². The number of ether oxygens (including phenoxy) is 1. The summed E-state index contributed by atoms with van der Waals surface area (Å²) in [4.78, 5) is 19.2. The molecule has 5 nitrogen and oxygen atoms in total. The Hall–Kier alpha value is -0.910. The van der Waals surface area contributed by atoms with Crippen LogP contribution in [0, 0.1) is 0 Å². The van der Waals surface area contributed by atoms with Gasteiger partial charge >= 0.3 is 0 Å². The average molecular weight is 276 g/mol. The molecular weight excluding hydrogens is 265 g/mol. The molecule has 2 heterocycles. The topological polar surface area (TPSA) is 64.1 Å². The fourth-order valence-corrected chi connectivity index (χ4v) is 2.07. The smallest absolute Gasteiger partial charge is 0.228 e. The molecular formula is C10H11Cl2N3O2. The third kappa shape index (κ3) is 3.80. The molecule has 1 aliphatic rings. The van der Waals surface area contributed by atoms with Crippen molar-refractivity contribution in [3.05, 3.63) is 16.5 Å². The summed E-state index contributed by atoms with van der Waals surface area (Å²) in [6, 6.07) is 1.45. The van der Waals surface area contributed by atoms with Crippen molar-refractivity contribution in [2.24, 2.45) is 0 Å².